The minimum Gasteiger partial charge on any atom is -0.342 e. The molecule has 1 saturated carbocycles. The van der Waals surface area contributed by atoms with Gasteiger partial charge in [-0.05, 0) is 49.4 Å². The van der Waals surface area contributed by atoms with Crippen LogP contribution in [0.4, 0.5) is 5.69 Å². The number of anilines is 1. The van der Waals surface area contributed by atoms with E-state index in [1.54, 1.807) is 4.90 Å². The number of amides is 2. The molecule has 1 N–H and O–H groups in total. The molecule has 0 bridgehead atoms. The van der Waals surface area contributed by atoms with Crippen molar-refractivity contribution in [3.63, 3.8) is 0 Å². The summed E-state index contributed by atoms with van der Waals surface area (Å²) in [5.41, 5.74) is 1.77. The highest BCUT2D eigenvalue weighted by molar-refractivity contribution is 6.08. The molecule has 5 nitrogen and oxygen atoms in total. The van der Waals surface area contributed by atoms with E-state index in [4.69, 9.17) is 0 Å². The van der Waals surface area contributed by atoms with Gasteiger partial charge in [0.15, 0.2) is 0 Å². The van der Waals surface area contributed by atoms with E-state index in [1.165, 1.54) is 0 Å². The lowest BCUT2D eigenvalue weighted by molar-refractivity contribution is -0.137. The van der Waals surface area contributed by atoms with Crippen molar-refractivity contribution < 1.29 is 9.59 Å². The lowest BCUT2D eigenvalue weighted by Crippen LogP contribution is -2.50. The van der Waals surface area contributed by atoms with Gasteiger partial charge in [-0.15, -0.1) is 12.4 Å². The Morgan fingerprint density at radius 3 is 2.48 bits per heavy atom. The summed E-state index contributed by atoms with van der Waals surface area (Å²) in [4.78, 5) is 29.5. The molecule has 134 valence electrons. The number of nitrogens with zero attached hydrogens (tertiary/aromatic N) is 2. The number of likely N-dealkylation sites (N-methyl/N-ethyl adjacent to an activating group) is 1. The molecule has 3 atom stereocenters. The third kappa shape index (κ3) is 2.18. The zero-order valence-corrected chi connectivity index (χ0v) is 15.2. The number of nitrogens with one attached hydrogen (secondary N) is 1. The van der Waals surface area contributed by atoms with Crippen LogP contribution >= 0.6 is 12.4 Å². The topological polar surface area (TPSA) is 52.7 Å². The van der Waals surface area contributed by atoms with E-state index in [0.717, 1.165) is 37.2 Å². The molecule has 3 heterocycles. The molecule has 2 saturated heterocycles. The lowest BCUT2D eigenvalue weighted by atomic mass is 9.73. The highest BCUT2D eigenvalue weighted by Crippen LogP contribution is 2.51. The summed E-state index contributed by atoms with van der Waals surface area (Å²) in [5, 5.41) is 3.35. The Bertz CT molecular complexity index is 719. The molecular weight excluding hydrogens is 338 g/mol. The fourth-order valence-corrected chi connectivity index (χ4v) is 5.30. The van der Waals surface area contributed by atoms with Gasteiger partial charge in [0.25, 0.3) is 0 Å². The van der Waals surface area contributed by atoms with Gasteiger partial charge in [-0.3, -0.25) is 9.59 Å². The smallest absolute Gasteiger partial charge is 0.237 e. The summed E-state index contributed by atoms with van der Waals surface area (Å²) >= 11 is 0. The Morgan fingerprint density at radius 1 is 1.16 bits per heavy atom. The van der Waals surface area contributed by atoms with Crippen LogP contribution < -0.4 is 10.2 Å². The van der Waals surface area contributed by atoms with E-state index in [0.29, 0.717) is 30.8 Å². The number of para-hydroxylation sites is 1. The zero-order valence-electron chi connectivity index (χ0n) is 14.4. The van der Waals surface area contributed by atoms with Crippen LogP contribution in [-0.4, -0.2) is 49.9 Å². The number of fused-ring (bicyclic) bond motifs is 3. The maximum atomic E-state index is 12.9. The van der Waals surface area contributed by atoms with Crippen LogP contribution in [0.25, 0.3) is 0 Å². The van der Waals surface area contributed by atoms with Gasteiger partial charge in [-0.25, -0.2) is 0 Å². The van der Waals surface area contributed by atoms with Crippen LogP contribution in [0.5, 0.6) is 0 Å². The maximum absolute atomic E-state index is 12.9. The van der Waals surface area contributed by atoms with Crippen molar-refractivity contribution in [3.8, 4) is 0 Å². The number of carbonyl (C=O) groups excluding carboxylic acids is 2. The number of halogens is 1. The number of hydrogen-bond donors (Lipinski definition) is 1. The maximum Gasteiger partial charge on any atom is 0.237 e. The lowest BCUT2D eigenvalue weighted by Gasteiger charge is -2.38. The van der Waals surface area contributed by atoms with Gasteiger partial charge in [0, 0.05) is 31.7 Å². The highest BCUT2D eigenvalue weighted by Gasteiger charge is 2.59. The van der Waals surface area contributed by atoms with E-state index in [9.17, 15) is 9.59 Å². The molecule has 2 amide bonds. The summed E-state index contributed by atoms with van der Waals surface area (Å²) < 4.78 is 0. The Kier molecular flexibility index (Phi) is 3.85. The standard InChI is InChI=1S/C19H23N3O2.ClH/c1-21-15-5-3-2-4-14(15)19(18(21)24)6-8-22(9-7-19)17(23)16-12-10-20-11-13(12)16;/h2-5,12-13,16,20H,6-11H2,1H3;1H/t12-,13+,16?;. The molecule has 0 radical (unpaired) electrons. The Morgan fingerprint density at radius 2 is 1.80 bits per heavy atom. The number of carbonyl (C=O) groups is 2. The molecular formula is C19H24ClN3O2. The van der Waals surface area contributed by atoms with Crippen molar-refractivity contribution in [1.82, 2.24) is 10.2 Å². The third-order valence-corrected chi connectivity index (χ3v) is 6.80. The summed E-state index contributed by atoms with van der Waals surface area (Å²) in [5.74, 6) is 1.90. The first-order valence-corrected chi connectivity index (χ1v) is 9.01. The number of hydrogen-bond acceptors (Lipinski definition) is 3. The summed E-state index contributed by atoms with van der Waals surface area (Å²) in [7, 11) is 1.87. The minimum absolute atomic E-state index is 0. The molecule has 1 unspecified atom stereocenters. The normalized spacial score (nSPS) is 31.6. The van der Waals surface area contributed by atoms with E-state index in [2.05, 4.69) is 11.4 Å². The van der Waals surface area contributed by atoms with Crippen LogP contribution in [0, 0.1) is 17.8 Å². The largest absolute Gasteiger partial charge is 0.342 e. The molecule has 0 aromatic heterocycles. The summed E-state index contributed by atoms with van der Waals surface area (Å²) in [6.07, 6.45) is 1.50. The first kappa shape index (κ1) is 16.9. The minimum atomic E-state index is -0.414. The Labute approximate surface area is 154 Å². The van der Waals surface area contributed by atoms with Crippen LogP contribution in [0.1, 0.15) is 18.4 Å². The van der Waals surface area contributed by atoms with Gasteiger partial charge in [-0.1, -0.05) is 18.2 Å². The molecule has 1 spiro atoms. The Hall–Kier alpha value is -1.59. The average molecular weight is 362 g/mol. The molecule has 4 aliphatic rings. The second-order valence-corrected chi connectivity index (χ2v) is 7.80. The van der Waals surface area contributed by atoms with E-state index in [1.807, 2.05) is 30.1 Å². The van der Waals surface area contributed by atoms with Crippen molar-refractivity contribution in [2.75, 3.05) is 38.1 Å². The molecule has 1 aromatic rings. The molecule has 25 heavy (non-hydrogen) atoms. The molecule has 3 fully saturated rings. The predicted molar refractivity (Wildman–Crippen MR) is 97.9 cm³/mol. The molecule has 5 rings (SSSR count). The first-order valence-electron chi connectivity index (χ1n) is 9.01. The zero-order chi connectivity index (χ0) is 16.5. The van der Waals surface area contributed by atoms with Crippen LogP contribution in [0.15, 0.2) is 24.3 Å². The second-order valence-electron chi connectivity index (χ2n) is 7.80. The van der Waals surface area contributed by atoms with Gasteiger partial charge in [0.1, 0.15) is 0 Å². The molecule has 1 aromatic carbocycles. The van der Waals surface area contributed by atoms with Crippen molar-refractivity contribution >= 4 is 29.9 Å². The van der Waals surface area contributed by atoms with Gasteiger partial charge < -0.3 is 15.1 Å². The number of benzene rings is 1. The molecule has 3 aliphatic heterocycles. The van der Waals surface area contributed by atoms with Crippen molar-refractivity contribution in [2.24, 2.45) is 17.8 Å². The van der Waals surface area contributed by atoms with Gasteiger partial charge in [-0.2, -0.15) is 0 Å². The van der Waals surface area contributed by atoms with Crippen LogP contribution in [-0.2, 0) is 15.0 Å². The molecule has 6 heteroatoms. The fourth-order valence-electron chi connectivity index (χ4n) is 5.30. The van der Waals surface area contributed by atoms with Crippen LogP contribution in [0.2, 0.25) is 0 Å². The van der Waals surface area contributed by atoms with Crippen LogP contribution in [0.3, 0.4) is 0 Å². The van der Waals surface area contributed by atoms with E-state index in [-0.39, 0.29) is 24.2 Å². The van der Waals surface area contributed by atoms with Crippen molar-refractivity contribution in [2.45, 2.75) is 18.3 Å². The monoisotopic (exact) mass is 361 g/mol. The predicted octanol–water partition coefficient (Wildman–Crippen LogP) is 1.41. The van der Waals surface area contributed by atoms with Crippen molar-refractivity contribution in [3.05, 3.63) is 29.8 Å². The average Bonchev–Trinajstić information content (AvgIpc) is 3.02. The number of piperidine rings is 2. The van der Waals surface area contributed by atoms with E-state index >= 15 is 0 Å². The molecule has 1 aliphatic carbocycles. The highest BCUT2D eigenvalue weighted by atomic mass is 35.5. The quantitative estimate of drug-likeness (QED) is 0.823. The van der Waals surface area contributed by atoms with E-state index < -0.39 is 5.41 Å². The SMILES string of the molecule is CN1C(=O)C2(CCN(C(=O)C3[C@H]4CNC[C@@H]34)CC2)c2ccccc21.Cl. The second kappa shape index (κ2) is 5.71. The third-order valence-electron chi connectivity index (χ3n) is 6.80. The number of likely N-dealkylation sites (tertiary alicyclic amines) is 1. The fraction of sp³-hybridized carbons (Fsp3) is 0.579. The van der Waals surface area contributed by atoms with Gasteiger partial charge >= 0.3 is 0 Å². The first-order chi connectivity index (χ1) is 11.6. The van der Waals surface area contributed by atoms with Crippen molar-refractivity contribution in [1.29, 1.82) is 0 Å². The van der Waals surface area contributed by atoms with Gasteiger partial charge in [0.2, 0.25) is 11.8 Å². The number of rotatable bonds is 1. The summed E-state index contributed by atoms with van der Waals surface area (Å²) in [6, 6.07) is 8.12. The van der Waals surface area contributed by atoms with Gasteiger partial charge in [0.05, 0.1) is 5.41 Å². The Balaban J connectivity index is 0.00000157. The summed E-state index contributed by atoms with van der Waals surface area (Å²) in [6.45, 7) is 3.40.